The molecule has 1 unspecified atom stereocenters. The first-order valence-electron chi connectivity index (χ1n) is 6.91. The molecule has 1 heterocycles. The van der Waals surface area contributed by atoms with Gasteiger partial charge in [0.1, 0.15) is 0 Å². The third kappa shape index (κ3) is 3.01. The molecule has 0 N–H and O–H groups in total. The molecule has 3 nitrogen and oxygen atoms in total. The van der Waals surface area contributed by atoms with Gasteiger partial charge in [-0.15, -0.1) is 0 Å². The Morgan fingerprint density at radius 3 is 2.27 bits per heavy atom. The van der Waals surface area contributed by atoms with Crippen LogP contribution in [0, 0.1) is 5.92 Å². The van der Waals surface area contributed by atoms with Crippen LogP contribution in [-0.4, -0.2) is 11.8 Å². The number of imide groups is 1. The second-order valence-electron chi connectivity index (χ2n) is 5.29. The minimum absolute atomic E-state index is 0.172. The van der Waals surface area contributed by atoms with Crippen LogP contribution in [0.25, 0.3) is 0 Å². The monoisotopic (exact) mass is 333 g/mol. The van der Waals surface area contributed by atoms with Crippen molar-refractivity contribution in [2.45, 2.75) is 12.8 Å². The van der Waals surface area contributed by atoms with Crippen LogP contribution in [0.1, 0.15) is 12.0 Å². The van der Waals surface area contributed by atoms with E-state index in [1.807, 2.05) is 6.07 Å². The molecule has 0 aliphatic carbocycles. The number of hydrogen-bond donors (Lipinski definition) is 0. The van der Waals surface area contributed by atoms with E-state index in [-0.39, 0.29) is 24.2 Å². The number of anilines is 1. The molecule has 1 saturated heterocycles. The lowest BCUT2D eigenvalue weighted by atomic mass is 9.98. The zero-order chi connectivity index (χ0) is 15.7. The van der Waals surface area contributed by atoms with E-state index in [9.17, 15) is 9.59 Å². The maximum atomic E-state index is 12.5. The molecular formula is C17H13Cl2NO2. The van der Waals surface area contributed by atoms with E-state index in [4.69, 9.17) is 23.2 Å². The molecule has 2 aromatic carbocycles. The van der Waals surface area contributed by atoms with Crippen molar-refractivity contribution in [3.05, 3.63) is 64.1 Å². The van der Waals surface area contributed by atoms with Crippen LogP contribution < -0.4 is 4.90 Å². The maximum Gasteiger partial charge on any atom is 0.237 e. The number of rotatable bonds is 3. The zero-order valence-corrected chi connectivity index (χ0v) is 13.1. The molecule has 0 saturated carbocycles. The van der Waals surface area contributed by atoms with Gasteiger partial charge < -0.3 is 0 Å². The second-order valence-corrected chi connectivity index (χ2v) is 6.16. The van der Waals surface area contributed by atoms with Crippen molar-refractivity contribution in [1.29, 1.82) is 0 Å². The Kier molecular flexibility index (Phi) is 4.19. The fourth-order valence-corrected chi connectivity index (χ4v) is 3.29. The third-order valence-electron chi connectivity index (χ3n) is 3.66. The average molecular weight is 334 g/mol. The quantitative estimate of drug-likeness (QED) is 0.792. The predicted molar refractivity (Wildman–Crippen MR) is 87.2 cm³/mol. The lowest BCUT2D eigenvalue weighted by molar-refractivity contribution is -0.122. The van der Waals surface area contributed by atoms with Crippen LogP contribution in [0.15, 0.2) is 48.5 Å². The van der Waals surface area contributed by atoms with Crippen molar-refractivity contribution in [3.8, 4) is 0 Å². The standard InChI is InChI=1S/C17H13Cl2NO2/c18-13-7-11(8-14(19)10-13)6-12-9-16(21)20(17(12)22)15-4-2-1-3-5-15/h1-5,7-8,10,12H,6,9H2. The van der Waals surface area contributed by atoms with Gasteiger partial charge in [-0.1, -0.05) is 41.4 Å². The summed E-state index contributed by atoms with van der Waals surface area (Å²) in [7, 11) is 0. The van der Waals surface area contributed by atoms with E-state index in [1.54, 1.807) is 42.5 Å². The Morgan fingerprint density at radius 2 is 1.64 bits per heavy atom. The summed E-state index contributed by atoms with van der Waals surface area (Å²) >= 11 is 12.0. The highest BCUT2D eigenvalue weighted by Crippen LogP contribution is 2.30. The van der Waals surface area contributed by atoms with E-state index >= 15 is 0 Å². The zero-order valence-electron chi connectivity index (χ0n) is 11.6. The molecule has 0 aromatic heterocycles. The molecule has 2 aromatic rings. The Bertz CT molecular complexity index is 710. The SMILES string of the molecule is O=C1CC(Cc2cc(Cl)cc(Cl)c2)C(=O)N1c1ccccc1. The van der Waals surface area contributed by atoms with Gasteiger partial charge in [0.2, 0.25) is 11.8 Å². The number of benzene rings is 2. The summed E-state index contributed by atoms with van der Waals surface area (Å²) in [5.74, 6) is -0.719. The van der Waals surface area contributed by atoms with Crippen LogP contribution in [0.2, 0.25) is 10.0 Å². The number of hydrogen-bond acceptors (Lipinski definition) is 2. The molecule has 1 atom stereocenters. The minimum Gasteiger partial charge on any atom is -0.274 e. The molecule has 1 aliphatic heterocycles. The van der Waals surface area contributed by atoms with E-state index in [1.165, 1.54) is 4.90 Å². The van der Waals surface area contributed by atoms with Gasteiger partial charge in [-0.3, -0.25) is 14.5 Å². The number of carbonyl (C=O) groups is 2. The van der Waals surface area contributed by atoms with E-state index in [0.717, 1.165) is 5.56 Å². The van der Waals surface area contributed by atoms with Crippen LogP contribution >= 0.6 is 23.2 Å². The number of amides is 2. The Hall–Kier alpha value is -1.84. The summed E-state index contributed by atoms with van der Waals surface area (Å²) in [6, 6.07) is 14.2. The average Bonchev–Trinajstić information content (AvgIpc) is 2.73. The molecule has 22 heavy (non-hydrogen) atoms. The van der Waals surface area contributed by atoms with Gasteiger partial charge in [-0.05, 0) is 42.3 Å². The van der Waals surface area contributed by atoms with Gasteiger partial charge >= 0.3 is 0 Å². The first-order valence-corrected chi connectivity index (χ1v) is 7.67. The molecule has 1 aliphatic rings. The molecular weight excluding hydrogens is 321 g/mol. The van der Waals surface area contributed by atoms with Gasteiger partial charge in [0.25, 0.3) is 0 Å². The van der Waals surface area contributed by atoms with Gasteiger partial charge in [-0.2, -0.15) is 0 Å². The number of nitrogens with zero attached hydrogens (tertiary/aromatic N) is 1. The summed E-state index contributed by atoms with van der Waals surface area (Å²) in [4.78, 5) is 26.0. The van der Waals surface area contributed by atoms with Crippen molar-refractivity contribution in [1.82, 2.24) is 0 Å². The van der Waals surface area contributed by atoms with Crippen molar-refractivity contribution in [2.24, 2.45) is 5.92 Å². The van der Waals surface area contributed by atoms with Crippen molar-refractivity contribution >= 4 is 40.7 Å². The van der Waals surface area contributed by atoms with Crippen LogP contribution in [0.4, 0.5) is 5.69 Å². The summed E-state index contributed by atoms with van der Waals surface area (Å²) in [6.07, 6.45) is 0.659. The van der Waals surface area contributed by atoms with Crippen molar-refractivity contribution in [3.63, 3.8) is 0 Å². The lowest BCUT2D eigenvalue weighted by Crippen LogP contribution is -2.30. The van der Waals surface area contributed by atoms with Crippen molar-refractivity contribution in [2.75, 3.05) is 4.90 Å². The first-order chi connectivity index (χ1) is 10.5. The molecule has 112 valence electrons. The lowest BCUT2D eigenvalue weighted by Gasteiger charge is -2.15. The molecule has 0 bridgehead atoms. The third-order valence-corrected chi connectivity index (χ3v) is 4.10. The smallest absolute Gasteiger partial charge is 0.237 e. The van der Waals surface area contributed by atoms with Crippen LogP contribution in [0.3, 0.4) is 0 Å². The van der Waals surface area contributed by atoms with E-state index in [0.29, 0.717) is 22.2 Å². The summed E-state index contributed by atoms with van der Waals surface area (Å²) < 4.78 is 0. The highest BCUT2D eigenvalue weighted by molar-refractivity contribution is 6.34. The Balaban J connectivity index is 1.82. The van der Waals surface area contributed by atoms with E-state index in [2.05, 4.69) is 0 Å². The van der Waals surface area contributed by atoms with Gasteiger partial charge in [0.05, 0.1) is 11.6 Å². The summed E-state index contributed by atoms with van der Waals surface area (Å²) in [5.41, 5.74) is 1.47. The minimum atomic E-state index is -0.373. The van der Waals surface area contributed by atoms with Gasteiger partial charge in [-0.25, -0.2) is 0 Å². The molecule has 0 radical (unpaired) electrons. The Morgan fingerprint density at radius 1 is 1.00 bits per heavy atom. The molecule has 0 spiro atoms. The fourth-order valence-electron chi connectivity index (χ4n) is 2.72. The summed E-state index contributed by atoms with van der Waals surface area (Å²) in [5, 5.41) is 1.05. The Labute approximate surface area is 138 Å². The van der Waals surface area contributed by atoms with Gasteiger partial charge in [0, 0.05) is 16.5 Å². The summed E-state index contributed by atoms with van der Waals surface area (Å²) in [6.45, 7) is 0. The highest BCUT2D eigenvalue weighted by Gasteiger charge is 2.39. The number of halogens is 2. The van der Waals surface area contributed by atoms with Gasteiger partial charge in [0.15, 0.2) is 0 Å². The normalized spacial score (nSPS) is 18.1. The largest absolute Gasteiger partial charge is 0.274 e. The van der Waals surface area contributed by atoms with Crippen molar-refractivity contribution < 1.29 is 9.59 Å². The predicted octanol–water partition coefficient (Wildman–Crippen LogP) is 4.12. The topological polar surface area (TPSA) is 37.4 Å². The molecule has 5 heteroatoms. The van der Waals surface area contributed by atoms with Crippen LogP contribution in [0.5, 0.6) is 0 Å². The first kappa shape index (κ1) is 15.1. The molecule has 3 rings (SSSR count). The number of para-hydroxylation sites is 1. The fraction of sp³-hybridized carbons (Fsp3) is 0.176. The highest BCUT2D eigenvalue weighted by atomic mass is 35.5. The number of carbonyl (C=O) groups excluding carboxylic acids is 2. The second kappa shape index (κ2) is 6.11. The molecule has 2 amide bonds. The maximum absolute atomic E-state index is 12.5. The van der Waals surface area contributed by atoms with Crippen LogP contribution in [-0.2, 0) is 16.0 Å². The van der Waals surface area contributed by atoms with E-state index < -0.39 is 0 Å². The molecule has 1 fully saturated rings.